The Balaban J connectivity index is 1.46. The average Bonchev–Trinajstić information content (AvgIpc) is 3.20. The fourth-order valence-electron chi connectivity index (χ4n) is 3.30. The zero-order valence-corrected chi connectivity index (χ0v) is 18.5. The Labute approximate surface area is 193 Å². The van der Waals surface area contributed by atoms with Crippen LogP contribution >= 0.6 is 11.8 Å². The summed E-state index contributed by atoms with van der Waals surface area (Å²) in [6.07, 6.45) is 0.959. The fraction of sp³-hybridized carbons (Fsp3) is 0.174. The second-order valence-corrected chi connectivity index (χ2v) is 8.18. The van der Waals surface area contributed by atoms with Crippen LogP contribution in [0.15, 0.2) is 81.5 Å². The quantitative estimate of drug-likeness (QED) is 0.325. The molecule has 33 heavy (non-hydrogen) atoms. The third-order valence-corrected chi connectivity index (χ3v) is 5.72. The lowest BCUT2D eigenvalue weighted by molar-refractivity contribution is -0.118. The molecular formula is C23H22N6O3S. The molecule has 3 N–H and O–H groups in total. The van der Waals surface area contributed by atoms with Gasteiger partial charge in [0, 0.05) is 30.4 Å². The van der Waals surface area contributed by atoms with E-state index in [1.165, 1.54) is 17.8 Å². The maximum atomic E-state index is 12.4. The zero-order chi connectivity index (χ0) is 23.0. The number of H-pyrrole nitrogens is 2. The number of hydrogen-bond donors (Lipinski definition) is 3. The molecule has 2 heterocycles. The molecule has 4 aromatic rings. The summed E-state index contributed by atoms with van der Waals surface area (Å²) in [7, 11) is 0. The topological polar surface area (TPSA) is 126 Å². The van der Waals surface area contributed by atoms with Crippen molar-refractivity contribution in [2.75, 3.05) is 12.3 Å². The van der Waals surface area contributed by atoms with E-state index in [9.17, 15) is 14.4 Å². The highest BCUT2D eigenvalue weighted by Crippen LogP contribution is 2.23. The molecule has 10 heteroatoms. The van der Waals surface area contributed by atoms with E-state index in [0.717, 1.165) is 17.7 Å². The van der Waals surface area contributed by atoms with Crippen LogP contribution in [0.1, 0.15) is 17.1 Å². The number of benzene rings is 2. The molecule has 2 aromatic heterocycles. The number of hydrogen-bond acceptors (Lipinski definition) is 6. The lowest BCUT2D eigenvalue weighted by Gasteiger charge is -2.10. The number of carbonyl (C=O) groups is 1. The summed E-state index contributed by atoms with van der Waals surface area (Å²) < 4.78 is 1.82. The lowest BCUT2D eigenvalue weighted by atomic mass is 10.1. The number of rotatable bonds is 9. The van der Waals surface area contributed by atoms with Gasteiger partial charge in [-0.25, -0.2) is 4.79 Å². The van der Waals surface area contributed by atoms with Crippen LogP contribution in [0.3, 0.4) is 0 Å². The highest BCUT2D eigenvalue weighted by atomic mass is 32.2. The van der Waals surface area contributed by atoms with Gasteiger partial charge in [-0.1, -0.05) is 60.3 Å². The molecule has 9 nitrogen and oxygen atoms in total. The Morgan fingerprint density at radius 3 is 2.42 bits per heavy atom. The molecule has 2 aromatic carbocycles. The van der Waals surface area contributed by atoms with Crippen LogP contribution in [-0.2, 0) is 17.6 Å². The first-order valence-electron chi connectivity index (χ1n) is 10.3. The third kappa shape index (κ3) is 6.07. The molecule has 0 fully saturated rings. The maximum absolute atomic E-state index is 12.4. The first-order chi connectivity index (χ1) is 16.1. The van der Waals surface area contributed by atoms with Crippen LogP contribution in [0.2, 0.25) is 0 Å². The van der Waals surface area contributed by atoms with E-state index in [2.05, 4.69) is 25.5 Å². The van der Waals surface area contributed by atoms with Gasteiger partial charge in [-0.2, -0.15) is 0 Å². The smallest absolute Gasteiger partial charge is 0.325 e. The van der Waals surface area contributed by atoms with Gasteiger partial charge >= 0.3 is 5.69 Å². The monoisotopic (exact) mass is 462 g/mol. The van der Waals surface area contributed by atoms with Crippen LogP contribution in [0, 0.1) is 0 Å². The number of carbonyl (C=O) groups excluding carboxylic acids is 1. The van der Waals surface area contributed by atoms with E-state index in [1.54, 1.807) is 0 Å². The van der Waals surface area contributed by atoms with Crippen molar-refractivity contribution in [3.8, 4) is 5.69 Å². The number of para-hydroxylation sites is 1. The van der Waals surface area contributed by atoms with Gasteiger partial charge in [0.2, 0.25) is 5.91 Å². The van der Waals surface area contributed by atoms with Gasteiger partial charge < -0.3 is 10.3 Å². The number of aromatic nitrogens is 5. The second-order valence-electron chi connectivity index (χ2n) is 7.23. The van der Waals surface area contributed by atoms with Crippen LogP contribution in [0.5, 0.6) is 0 Å². The molecule has 0 aliphatic carbocycles. The normalized spacial score (nSPS) is 10.8. The van der Waals surface area contributed by atoms with Crippen molar-refractivity contribution in [2.24, 2.45) is 0 Å². The largest absolute Gasteiger partial charge is 0.355 e. The van der Waals surface area contributed by atoms with Crippen molar-refractivity contribution in [2.45, 2.75) is 18.0 Å². The molecule has 1 amide bonds. The van der Waals surface area contributed by atoms with E-state index in [1.807, 2.05) is 65.2 Å². The number of amides is 1. The molecule has 0 saturated heterocycles. The Morgan fingerprint density at radius 1 is 0.970 bits per heavy atom. The van der Waals surface area contributed by atoms with Gasteiger partial charge in [0.15, 0.2) is 5.16 Å². The summed E-state index contributed by atoms with van der Waals surface area (Å²) in [5, 5.41) is 12.0. The molecule has 0 radical (unpaired) electrons. The first-order valence-corrected chi connectivity index (χ1v) is 11.3. The van der Waals surface area contributed by atoms with Gasteiger partial charge in [-0.05, 0) is 24.1 Å². The Bertz CT molecular complexity index is 1300. The highest BCUT2D eigenvalue weighted by Gasteiger charge is 2.17. The van der Waals surface area contributed by atoms with Crippen LogP contribution in [-0.4, -0.2) is 42.9 Å². The standard InChI is InChI=1S/C23H22N6O3S/c30-20-14-17(25-22(32)26-20)13-19-27-28-23(29(19)18-9-5-2-6-10-18)33-15-21(31)24-12-11-16-7-3-1-4-8-16/h1-10,14H,11-13,15H2,(H,24,31)(H2,25,26,30,32). The Morgan fingerprint density at radius 2 is 1.70 bits per heavy atom. The van der Waals surface area contributed by atoms with Gasteiger partial charge in [-0.3, -0.25) is 19.1 Å². The summed E-state index contributed by atoms with van der Waals surface area (Å²) in [5.41, 5.74) is 1.34. The van der Waals surface area contributed by atoms with Crippen molar-refractivity contribution in [1.82, 2.24) is 30.0 Å². The Kier molecular flexibility index (Phi) is 7.16. The molecule has 0 unspecified atom stereocenters. The molecule has 0 aliphatic rings. The predicted octanol–water partition coefficient (Wildman–Crippen LogP) is 1.69. The summed E-state index contributed by atoms with van der Waals surface area (Å²) in [6, 6.07) is 20.8. The first kappa shape index (κ1) is 22.3. The van der Waals surface area contributed by atoms with E-state index in [-0.39, 0.29) is 18.1 Å². The zero-order valence-electron chi connectivity index (χ0n) is 17.7. The van der Waals surface area contributed by atoms with E-state index < -0.39 is 11.2 Å². The van der Waals surface area contributed by atoms with E-state index >= 15 is 0 Å². The SMILES string of the molecule is O=C(CSc1nnc(Cc2cc(=O)[nH]c(=O)[nH]2)n1-c1ccccc1)NCCc1ccccc1. The average molecular weight is 463 g/mol. The minimum atomic E-state index is -0.579. The summed E-state index contributed by atoms with van der Waals surface area (Å²) >= 11 is 1.27. The van der Waals surface area contributed by atoms with Crippen LogP contribution < -0.4 is 16.6 Å². The van der Waals surface area contributed by atoms with Gasteiger partial charge in [-0.15, -0.1) is 10.2 Å². The third-order valence-electron chi connectivity index (χ3n) is 4.79. The van der Waals surface area contributed by atoms with Crippen molar-refractivity contribution in [3.63, 3.8) is 0 Å². The van der Waals surface area contributed by atoms with Crippen molar-refractivity contribution < 1.29 is 4.79 Å². The number of nitrogens with zero attached hydrogens (tertiary/aromatic N) is 3. The lowest BCUT2D eigenvalue weighted by Crippen LogP contribution is -2.27. The molecular weight excluding hydrogens is 440 g/mol. The molecule has 4 rings (SSSR count). The van der Waals surface area contributed by atoms with Crippen molar-refractivity contribution in [3.05, 3.63) is 105 Å². The van der Waals surface area contributed by atoms with Crippen LogP contribution in [0.25, 0.3) is 5.69 Å². The summed E-state index contributed by atoms with van der Waals surface area (Å²) in [4.78, 5) is 40.4. The van der Waals surface area contributed by atoms with Crippen molar-refractivity contribution in [1.29, 1.82) is 0 Å². The Hall–Kier alpha value is -3.92. The minimum absolute atomic E-state index is 0.0981. The summed E-state index contributed by atoms with van der Waals surface area (Å²) in [5.74, 6) is 0.621. The number of aromatic amines is 2. The van der Waals surface area contributed by atoms with Gasteiger partial charge in [0.25, 0.3) is 5.56 Å². The summed E-state index contributed by atoms with van der Waals surface area (Å²) in [6.45, 7) is 0.552. The fourth-order valence-corrected chi connectivity index (χ4v) is 4.10. The molecule has 0 saturated carbocycles. The second kappa shape index (κ2) is 10.6. The molecule has 0 aliphatic heterocycles. The van der Waals surface area contributed by atoms with E-state index in [4.69, 9.17) is 0 Å². The maximum Gasteiger partial charge on any atom is 0.325 e. The molecule has 168 valence electrons. The molecule has 0 bridgehead atoms. The minimum Gasteiger partial charge on any atom is -0.355 e. The van der Waals surface area contributed by atoms with Gasteiger partial charge in [0.1, 0.15) is 5.82 Å². The van der Waals surface area contributed by atoms with Crippen LogP contribution in [0.4, 0.5) is 0 Å². The highest BCUT2D eigenvalue weighted by molar-refractivity contribution is 7.99. The number of thioether (sulfide) groups is 1. The molecule has 0 spiro atoms. The number of nitrogens with one attached hydrogen (secondary N) is 3. The van der Waals surface area contributed by atoms with E-state index in [0.29, 0.717) is 23.2 Å². The van der Waals surface area contributed by atoms with Gasteiger partial charge in [0.05, 0.1) is 5.75 Å². The molecule has 0 atom stereocenters. The predicted molar refractivity (Wildman–Crippen MR) is 126 cm³/mol. The van der Waals surface area contributed by atoms with Crippen molar-refractivity contribution >= 4 is 17.7 Å².